The summed E-state index contributed by atoms with van der Waals surface area (Å²) in [5.41, 5.74) is 2.28. The fourth-order valence-electron chi connectivity index (χ4n) is 10.6. The van der Waals surface area contributed by atoms with Gasteiger partial charge in [-0.2, -0.15) is 0 Å². The molecule has 2 aliphatic carbocycles. The average molecular weight is 1010 g/mol. The molecule has 0 radical (unpaired) electrons. The zero-order valence-corrected chi connectivity index (χ0v) is 40.2. The number of ether oxygens (including phenoxy) is 6. The minimum atomic E-state index is -1.71. The first-order chi connectivity index (χ1) is 34.6. The number of nitrogens with one attached hydrogen (secondary N) is 1. The van der Waals surface area contributed by atoms with Gasteiger partial charge in [0, 0.05) is 60.7 Å². The van der Waals surface area contributed by atoms with E-state index in [1.807, 2.05) is 0 Å². The first-order valence-electron chi connectivity index (χ1n) is 24.8. The molecule has 8 rings (SSSR count). The maximum atomic E-state index is 14.3. The van der Waals surface area contributed by atoms with Crippen molar-refractivity contribution < 1.29 is 78.4 Å². The lowest BCUT2D eigenvalue weighted by Gasteiger charge is -2.48. The van der Waals surface area contributed by atoms with E-state index in [9.17, 15) is 55.1 Å². The normalized spacial score (nSPS) is 31.8. The molecule has 7 N–H and O–H groups in total. The van der Waals surface area contributed by atoms with Crippen LogP contribution in [0.2, 0.25) is 0 Å². The molecule has 2 aromatic carbocycles. The number of aliphatic hydroxyl groups is 5. The summed E-state index contributed by atoms with van der Waals surface area (Å²) in [5, 5.41) is 85.6. The minimum absolute atomic E-state index is 0.0169. The Morgan fingerprint density at radius 1 is 0.903 bits per heavy atom. The summed E-state index contributed by atoms with van der Waals surface area (Å²) in [5.74, 6) is -3.49. The number of carbonyl (C=O) groups excluding carboxylic acids is 2. The second-order valence-electron chi connectivity index (χ2n) is 19.7. The number of hydrogen-bond acceptors (Lipinski definition) is 18. The number of Topliss-reactive ketones (excluding diaryl/α,β-unsaturated/α-hetero) is 1. The molecule has 6 unspecified atom stereocenters. The van der Waals surface area contributed by atoms with Crippen LogP contribution >= 0.6 is 0 Å². The molecule has 72 heavy (non-hydrogen) atoms. The van der Waals surface area contributed by atoms with Gasteiger partial charge in [0.1, 0.15) is 42.4 Å². The molecule has 2 saturated carbocycles. The Hall–Kier alpha value is -5.27. The van der Waals surface area contributed by atoms with Gasteiger partial charge in [-0.15, -0.1) is 5.10 Å². The number of aliphatic hydroxyl groups excluding tert-OH is 5. The van der Waals surface area contributed by atoms with Crippen LogP contribution in [0.4, 0.5) is 5.69 Å². The SMILES string of the molecule is CC1O[C@@H](O[C@@H]2C(C)CC(C(=O)CCc3cn(CCc4c[nH]c5ccc([N+](=O)[O-])cc45)nn3)C[C@H]2O[C@@H]2O[C@@H](CO)[C@H](O)C(O[C@@H](CC3CCCCC3)C(=O)O)C2OC(=O)c2ccccc2)C(O)[C@@H](O)[C@@H]1O. The fourth-order valence-corrected chi connectivity index (χ4v) is 10.6. The van der Waals surface area contributed by atoms with E-state index in [4.69, 9.17) is 28.4 Å². The van der Waals surface area contributed by atoms with Gasteiger partial charge in [-0.25, -0.2) is 9.59 Å². The number of aromatic nitrogens is 4. The fraction of sp³-hybridized carbons (Fsp3) is 0.620. The number of aliphatic carboxylic acids is 1. The maximum absolute atomic E-state index is 14.3. The molecule has 4 fully saturated rings. The van der Waals surface area contributed by atoms with Crippen LogP contribution in [0, 0.1) is 27.9 Å². The largest absolute Gasteiger partial charge is 0.479 e. The molecule has 0 spiro atoms. The van der Waals surface area contributed by atoms with Gasteiger partial charge in [-0.3, -0.25) is 19.6 Å². The van der Waals surface area contributed by atoms with E-state index in [2.05, 4.69) is 15.3 Å². The smallest absolute Gasteiger partial charge is 0.338 e. The van der Waals surface area contributed by atoms with Crippen molar-refractivity contribution in [1.29, 1.82) is 0 Å². The van der Waals surface area contributed by atoms with E-state index >= 15 is 0 Å². The molecule has 4 aromatic rings. The highest BCUT2D eigenvalue weighted by Crippen LogP contribution is 2.40. The number of rotatable bonds is 20. The highest BCUT2D eigenvalue weighted by molar-refractivity contribution is 5.89. The number of hydrogen-bond donors (Lipinski definition) is 7. The first-order valence-corrected chi connectivity index (χ1v) is 24.8. The number of aromatic amines is 1. The van der Waals surface area contributed by atoms with E-state index < -0.39 is 115 Å². The minimum Gasteiger partial charge on any atom is -0.479 e. The maximum Gasteiger partial charge on any atom is 0.338 e. The third-order valence-electron chi connectivity index (χ3n) is 14.7. The van der Waals surface area contributed by atoms with Crippen LogP contribution in [0.15, 0.2) is 60.9 Å². The Bertz CT molecular complexity index is 2470. The van der Waals surface area contributed by atoms with Gasteiger partial charge in [0.15, 0.2) is 24.8 Å². The highest BCUT2D eigenvalue weighted by Gasteiger charge is 2.54. The van der Waals surface area contributed by atoms with Crippen molar-refractivity contribution in [3.05, 3.63) is 87.9 Å². The lowest BCUT2D eigenvalue weighted by atomic mass is 9.75. The predicted octanol–water partition coefficient (Wildman–Crippen LogP) is 3.17. The lowest BCUT2D eigenvalue weighted by molar-refractivity contribution is -0.384. The molecular weight excluding hydrogens is 943 g/mol. The summed E-state index contributed by atoms with van der Waals surface area (Å²) < 4.78 is 39.1. The average Bonchev–Trinajstić information content (AvgIpc) is 4.02. The second-order valence-corrected chi connectivity index (χ2v) is 19.7. The molecular formula is C50H65N5O17. The first kappa shape index (κ1) is 53.0. The van der Waals surface area contributed by atoms with Gasteiger partial charge >= 0.3 is 11.9 Å². The van der Waals surface area contributed by atoms with E-state index in [1.165, 1.54) is 31.2 Å². The Morgan fingerprint density at radius 3 is 2.39 bits per heavy atom. The third kappa shape index (κ3) is 12.4. The number of carboxylic acids is 1. The monoisotopic (exact) mass is 1010 g/mol. The van der Waals surface area contributed by atoms with Crippen LogP contribution in [-0.4, -0.2) is 160 Å². The molecule has 4 aliphatic rings. The standard InChI is InChI=1S/C50H65N5O17/c1-26-19-31(36(57)16-13-32-24-54(53-52-32)18-17-30-23-51-35-15-14-33(55(65)66)22-34(30)35)21-37(44(26)72-49-43(61)42(60)40(58)27(2)67-49)69-50-46(71-48(64)29-11-7-4-8-12-29)45(41(59)39(25-56)70-50)68-38(47(62)63)20-28-9-5-3-6-10-28/h4,7-8,11-12,14-15,22-24,26-28,31,37-46,49-51,56,58-61H,3,5-6,9-10,13,16-21,25H2,1-2H3,(H,62,63)/t26?,27?,31?,37-,38+,39+,40-,41+,42+,43?,44-,45?,46?,49+,50-/m1/s1. The zero-order valence-electron chi connectivity index (χ0n) is 40.2. The number of fused-ring (bicyclic) bond motifs is 1. The van der Waals surface area contributed by atoms with Gasteiger partial charge in [0.25, 0.3) is 5.69 Å². The molecule has 2 aromatic heterocycles. The highest BCUT2D eigenvalue weighted by atomic mass is 16.7. The van der Waals surface area contributed by atoms with Gasteiger partial charge in [-0.1, -0.05) is 62.4 Å². The molecule has 4 heterocycles. The zero-order chi connectivity index (χ0) is 51.2. The number of H-pyrrole nitrogens is 1. The molecule has 392 valence electrons. The van der Waals surface area contributed by atoms with Crippen molar-refractivity contribution in [2.45, 2.75) is 171 Å². The van der Waals surface area contributed by atoms with Crippen molar-refractivity contribution in [3.63, 3.8) is 0 Å². The number of nitro benzene ring substituents is 1. The van der Waals surface area contributed by atoms with Crippen LogP contribution in [0.1, 0.15) is 93.3 Å². The lowest BCUT2D eigenvalue weighted by Crippen LogP contribution is -2.64. The predicted molar refractivity (Wildman–Crippen MR) is 251 cm³/mol. The van der Waals surface area contributed by atoms with E-state index in [0.717, 1.165) is 48.6 Å². The molecule has 0 amide bonds. The molecule has 0 bridgehead atoms. The number of carboxylic acid groups (broad SMARTS) is 1. The van der Waals surface area contributed by atoms with Crippen molar-refractivity contribution in [2.24, 2.45) is 17.8 Å². The molecule has 2 saturated heterocycles. The molecule has 15 atom stereocenters. The molecule has 2 aliphatic heterocycles. The Balaban J connectivity index is 1.03. The van der Waals surface area contributed by atoms with Crippen molar-refractivity contribution in [1.82, 2.24) is 20.0 Å². The molecule has 22 heteroatoms. The number of esters is 1. The van der Waals surface area contributed by atoms with Crippen LogP contribution in [0.3, 0.4) is 0 Å². The topological polar surface area (TPSA) is 318 Å². The van der Waals surface area contributed by atoms with Crippen molar-refractivity contribution in [2.75, 3.05) is 6.61 Å². The summed E-state index contributed by atoms with van der Waals surface area (Å²) in [7, 11) is 0. The van der Waals surface area contributed by atoms with Gasteiger partial charge in [0.2, 0.25) is 0 Å². The number of carbonyl (C=O) groups is 3. The van der Waals surface area contributed by atoms with Crippen LogP contribution < -0.4 is 0 Å². The van der Waals surface area contributed by atoms with Crippen LogP contribution in [0.5, 0.6) is 0 Å². The summed E-state index contributed by atoms with van der Waals surface area (Å²) in [4.78, 5) is 55.0. The van der Waals surface area contributed by atoms with Gasteiger partial charge in [-0.05, 0) is 68.2 Å². The van der Waals surface area contributed by atoms with Gasteiger partial charge in [0.05, 0.1) is 41.1 Å². The Kier molecular flexibility index (Phi) is 17.5. The van der Waals surface area contributed by atoms with E-state index in [0.29, 0.717) is 18.7 Å². The van der Waals surface area contributed by atoms with Gasteiger partial charge < -0.3 is 64.0 Å². The number of non-ortho nitro benzene ring substituents is 1. The van der Waals surface area contributed by atoms with Crippen molar-refractivity contribution >= 4 is 34.3 Å². The quantitative estimate of drug-likeness (QED) is 0.0380. The number of benzene rings is 2. The summed E-state index contributed by atoms with van der Waals surface area (Å²) in [6.07, 6.45) is -9.69. The van der Waals surface area contributed by atoms with E-state index in [1.54, 1.807) is 48.3 Å². The summed E-state index contributed by atoms with van der Waals surface area (Å²) in [6.45, 7) is 2.93. The van der Waals surface area contributed by atoms with Crippen molar-refractivity contribution in [3.8, 4) is 0 Å². The summed E-state index contributed by atoms with van der Waals surface area (Å²) >= 11 is 0. The van der Waals surface area contributed by atoms with Crippen LogP contribution in [0.25, 0.3) is 10.9 Å². The number of ketones is 1. The number of nitro groups is 1. The third-order valence-corrected chi connectivity index (χ3v) is 14.7. The second kappa shape index (κ2) is 23.7. The number of nitrogens with zero attached hydrogens (tertiary/aromatic N) is 4. The number of aryl methyl sites for hydroxylation is 3. The molecule has 22 nitrogen and oxygen atoms in total. The Morgan fingerprint density at radius 2 is 1.67 bits per heavy atom. The summed E-state index contributed by atoms with van der Waals surface area (Å²) in [6, 6.07) is 12.6. The Labute approximate surface area is 414 Å². The van der Waals surface area contributed by atoms with E-state index in [-0.39, 0.29) is 55.1 Å². The van der Waals surface area contributed by atoms with Crippen LogP contribution in [-0.2, 0) is 57.4 Å².